The monoisotopic (exact) mass is 271 g/mol. The molecule has 1 heterocycles. The van der Waals surface area contributed by atoms with Crippen LogP contribution >= 0.6 is 0 Å². The topological polar surface area (TPSA) is 29.9 Å². The van der Waals surface area contributed by atoms with Crippen molar-refractivity contribution in [2.75, 3.05) is 6.54 Å². The maximum Gasteiger partial charge on any atom is 0.0644 e. The minimum atomic E-state index is 0.340. The number of hydrogen-bond donors (Lipinski definition) is 1. The van der Waals surface area contributed by atoms with E-state index in [-0.39, 0.29) is 0 Å². The molecule has 0 saturated heterocycles. The Morgan fingerprint density at radius 1 is 1.20 bits per heavy atom. The van der Waals surface area contributed by atoms with Gasteiger partial charge in [0.05, 0.1) is 5.69 Å². The number of nitrogens with one attached hydrogen (secondary N) is 1. The van der Waals surface area contributed by atoms with Gasteiger partial charge in [0, 0.05) is 24.3 Å². The zero-order valence-electron chi connectivity index (χ0n) is 13.2. The van der Waals surface area contributed by atoms with Gasteiger partial charge in [0.15, 0.2) is 0 Å². The van der Waals surface area contributed by atoms with Gasteiger partial charge in [0.2, 0.25) is 0 Å². The lowest BCUT2D eigenvalue weighted by molar-refractivity contribution is 0.570. The minimum absolute atomic E-state index is 0.340. The van der Waals surface area contributed by atoms with Crippen LogP contribution in [0.5, 0.6) is 0 Å². The normalized spacial score (nSPS) is 12.7. The van der Waals surface area contributed by atoms with Crippen LogP contribution in [0.25, 0.3) is 0 Å². The van der Waals surface area contributed by atoms with Crippen LogP contribution in [-0.2, 0) is 13.5 Å². The van der Waals surface area contributed by atoms with Crippen molar-refractivity contribution in [2.24, 2.45) is 7.05 Å². The Bertz CT molecular complexity index is 584. The Kier molecular flexibility index (Phi) is 4.61. The van der Waals surface area contributed by atoms with E-state index < -0.39 is 0 Å². The van der Waals surface area contributed by atoms with Crippen LogP contribution in [-0.4, -0.2) is 16.3 Å². The first-order chi connectivity index (χ1) is 9.50. The third-order valence-electron chi connectivity index (χ3n) is 4.10. The fourth-order valence-electron chi connectivity index (χ4n) is 2.83. The van der Waals surface area contributed by atoms with E-state index in [2.05, 4.69) is 62.4 Å². The average Bonchev–Trinajstić information content (AvgIpc) is 2.65. The molecule has 0 radical (unpaired) electrons. The predicted molar refractivity (Wildman–Crippen MR) is 84.0 cm³/mol. The molecule has 2 aromatic rings. The van der Waals surface area contributed by atoms with Gasteiger partial charge in [-0.3, -0.25) is 4.68 Å². The molecule has 20 heavy (non-hydrogen) atoms. The highest BCUT2D eigenvalue weighted by molar-refractivity contribution is 5.28. The van der Waals surface area contributed by atoms with Gasteiger partial charge >= 0.3 is 0 Å². The van der Waals surface area contributed by atoms with Crippen molar-refractivity contribution in [2.45, 2.75) is 40.2 Å². The van der Waals surface area contributed by atoms with Crippen LogP contribution in [0.4, 0.5) is 0 Å². The van der Waals surface area contributed by atoms with Gasteiger partial charge in [-0.05, 0) is 51.8 Å². The molecule has 0 amide bonds. The summed E-state index contributed by atoms with van der Waals surface area (Å²) in [5.41, 5.74) is 6.50. The van der Waals surface area contributed by atoms with E-state index in [0.717, 1.165) is 18.7 Å². The maximum absolute atomic E-state index is 4.49. The summed E-state index contributed by atoms with van der Waals surface area (Å²) in [5, 5.41) is 8.10. The minimum Gasteiger partial charge on any atom is -0.310 e. The molecule has 0 saturated carbocycles. The van der Waals surface area contributed by atoms with E-state index in [1.165, 1.54) is 22.4 Å². The molecule has 1 aromatic carbocycles. The van der Waals surface area contributed by atoms with E-state index in [0.29, 0.717) is 6.04 Å². The van der Waals surface area contributed by atoms with Crippen molar-refractivity contribution in [3.05, 3.63) is 52.3 Å². The second-order valence-electron chi connectivity index (χ2n) is 5.56. The van der Waals surface area contributed by atoms with Crippen LogP contribution in [0.2, 0.25) is 0 Å². The molecule has 3 nitrogen and oxygen atoms in total. The summed E-state index contributed by atoms with van der Waals surface area (Å²) in [6, 6.07) is 8.93. The van der Waals surface area contributed by atoms with Crippen LogP contribution in [0.15, 0.2) is 24.3 Å². The molecule has 1 atom stereocenters. The molecule has 0 aliphatic rings. The second kappa shape index (κ2) is 6.23. The molecule has 108 valence electrons. The molecule has 0 aliphatic heterocycles. The average molecular weight is 271 g/mol. The van der Waals surface area contributed by atoms with E-state index in [9.17, 15) is 0 Å². The molecule has 1 N–H and O–H groups in total. The summed E-state index contributed by atoms with van der Waals surface area (Å²) in [6.45, 7) is 9.60. The maximum atomic E-state index is 4.49. The quantitative estimate of drug-likeness (QED) is 0.904. The van der Waals surface area contributed by atoms with Crippen LogP contribution < -0.4 is 5.32 Å². The van der Waals surface area contributed by atoms with Gasteiger partial charge in [-0.2, -0.15) is 5.10 Å². The number of aromatic nitrogens is 2. The highest BCUT2D eigenvalue weighted by Gasteiger charge is 2.15. The van der Waals surface area contributed by atoms with Crippen LogP contribution in [0, 0.1) is 20.8 Å². The van der Waals surface area contributed by atoms with Gasteiger partial charge in [-0.1, -0.05) is 24.3 Å². The largest absolute Gasteiger partial charge is 0.310 e. The summed E-state index contributed by atoms with van der Waals surface area (Å²) in [4.78, 5) is 0. The highest BCUT2D eigenvalue weighted by atomic mass is 15.3. The Hall–Kier alpha value is -1.61. The van der Waals surface area contributed by atoms with Crippen molar-refractivity contribution in [3.8, 4) is 0 Å². The molecular formula is C17H25N3. The van der Waals surface area contributed by atoms with E-state index in [1.54, 1.807) is 0 Å². The zero-order valence-corrected chi connectivity index (χ0v) is 13.2. The lowest BCUT2D eigenvalue weighted by Gasteiger charge is -2.15. The predicted octanol–water partition coefficient (Wildman–Crippen LogP) is 3.24. The smallest absolute Gasteiger partial charge is 0.0644 e. The Labute approximate surface area is 122 Å². The van der Waals surface area contributed by atoms with E-state index >= 15 is 0 Å². The number of rotatable bonds is 5. The van der Waals surface area contributed by atoms with Gasteiger partial charge in [-0.25, -0.2) is 0 Å². The van der Waals surface area contributed by atoms with E-state index in [1.807, 2.05) is 11.7 Å². The SMILES string of the molecule is Cc1ccccc1CCNC(C)c1c(C)nn(C)c1C. The number of hydrogen-bond acceptors (Lipinski definition) is 2. The summed E-state index contributed by atoms with van der Waals surface area (Å²) < 4.78 is 1.96. The standard InChI is InChI=1S/C17H25N3/c1-12-8-6-7-9-16(12)10-11-18-13(2)17-14(3)19-20(5)15(17)4/h6-9,13,18H,10-11H2,1-5H3. The third-order valence-corrected chi connectivity index (χ3v) is 4.10. The van der Waals surface area contributed by atoms with Crippen molar-refractivity contribution < 1.29 is 0 Å². The fraction of sp³-hybridized carbons (Fsp3) is 0.471. The van der Waals surface area contributed by atoms with Gasteiger partial charge in [-0.15, -0.1) is 0 Å². The Balaban J connectivity index is 1.96. The van der Waals surface area contributed by atoms with Gasteiger partial charge < -0.3 is 5.32 Å². The van der Waals surface area contributed by atoms with Crippen molar-refractivity contribution in [1.82, 2.24) is 15.1 Å². The highest BCUT2D eigenvalue weighted by Crippen LogP contribution is 2.20. The molecule has 0 aliphatic carbocycles. The first-order valence-electron chi connectivity index (χ1n) is 7.28. The third kappa shape index (κ3) is 3.10. The summed E-state index contributed by atoms with van der Waals surface area (Å²) >= 11 is 0. The molecule has 0 bridgehead atoms. The van der Waals surface area contributed by atoms with E-state index in [4.69, 9.17) is 0 Å². The Morgan fingerprint density at radius 2 is 1.90 bits per heavy atom. The number of nitrogens with zero attached hydrogens (tertiary/aromatic N) is 2. The molecular weight excluding hydrogens is 246 g/mol. The molecule has 3 heteroatoms. The molecule has 2 rings (SSSR count). The summed E-state index contributed by atoms with van der Waals surface area (Å²) in [5.74, 6) is 0. The summed E-state index contributed by atoms with van der Waals surface area (Å²) in [7, 11) is 2.01. The van der Waals surface area contributed by atoms with Crippen molar-refractivity contribution in [3.63, 3.8) is 0 Å². The second-order valence-corrected chi connectivity index (χ2v) is 5.56. The number of aryl methyl sites for hydroxylation is 3. The first kappa shape index (κ1) is 14.8. The molecule has 0 fully saturated rings. The molecule has 1 unspecified atom stereocenters. The summed E-state index contributed by atoms with van der Waals surface area (Å²) in [6.07, 6.45) is 1.06. The lowest BCUT2D eigenvalue weighted by atomic mass is 10.0. The van der Waals surface area contributed by atoms with Gasteiger partial charge in [0.25, 0.3) is 0 Å². The zero-order chi connectivity index (χ0) is 14.7. The molecule has 0 spiro atoms. The number of benzene rings is 1. The van der Waals surface area contributed by atoms with Gasteiger partial charge in [0.1, 0.15) is 0 Å². The van der Waals surface area contributed by atoms with Crippen molar-refractivity contribution in [1.29, 1.82) is 0 Å². The first-order valence-corrected chi connectivity index (χ1v) is 7.28. The van der Waals surface area contributed by atoms with Crippen LogP contribution in [0.3, 0.4) is 0 Å². The van der Waals surface area contributed by atoms with Crippen LogP contribution in [0.1, 0.15) is 41.0 Å². The lowest BCUT2D eigenvalue weighted by Crippen LogP contribution is -2.22. The Morgan fingerprint density at radius 3 is 2.50 bits per heavy atom. The molecule has 1 aromatic heterocycles. The fourth-order valence-corrected chi connectivity index (χ4v) is 2.83. The van der Waals surface area contributed by atoms with Crippen molar-refractivity contribution >= 4 is 0 Å².